The molecule has 0 unspecified atom stereocenters. The number of rotatable bonds is 6. The molecule has 6 heteroatoms. The van der Waals surface area contributed by atoms with Crippen LogP contribution >= 0.6 is 0 Å². The van der Waals surface area contributed by atoms with Crippen LogP contribution in [0.15, 0.2) is 36.5 Å². The maximum absolute atomic E-state index is 12.8. The van der Waals surface area contributed by atoms with Gasteiger partial charge in [-0.15, -0.1) is 0 Å². The molecule has 4 atom stereocenters. The molecule has 1 aromatic heterocycles. The molecule has 4 heterocycles. The first-order valence-electron chi connectivity index (χ1n) is 13.1. The number of pyridine rings is 1. The van der Waals surface area contributed by atoms with Gasteiger partial charge in [-0.05, 0) is 68.3 Å². The third-order valence-electron chi connectivity index (χ3n) is 9.49. The van der Waals surface area contributed by atoms with E-state index < -0.39 is 5.60 Å². The summed E-state index contributed by atoms with van der Waals surface area (Å²) in [5.41, 5.74) is 2.60. The number of methoxy groups -OCH3 is 1. The van der Waals surface area contributed by atoms with Crippen molar-refractivity contribution in [3.05, 3.63) is 53.3 Å². The van der Waals surface area contributed by atoms with E-state index in [-0.39, 0.29) is 17.6 Å². The smallest absolute Gasteiger partial charge is 0.165 e. The predicted molar refractivity (Wildman–Crippen MR) is 129 cm³/mol. The third-order valence-corrected chi connectivity index (χ3v) is 9.49. The van der Waals surface area contributed by atoms with Gasteiger partial charge in [-0.3, -0.25) is 14.8 Å². The van der Waals surface area contributed by atoms with Crippen LogP contribution in [0.5, 0.6) is 11.5 Å². The Balaban J connectivity index is 1.28. The number of ether oxygens (including phenoxy) is 2. The fourth-order valence-electron chi connectivity index (χ4n) is 7.63. The number of hydrogen-bond donors (Lipinski definition) is 1. The summed E-state index contributed by atoms with van der Waals surface area (Å²) in [6.45, 7) is 4.85. The average Bonchev–Trinajstić information content (AvgIpc) is 3.62. The summed E-state index contributed by atoms with van der Waals surface area (Å²) in [5.74, 6) is 2.52. The zero-order valence-electron chi connectivity index (χ0n) is 20.1. The Hall–Kier alpha value is -2.15. The van der Waals surface area contributed by atoms with Crippen molar-refractivity contribution < 1.29 is 14.6 Å². The lowest BCUT2D eigenvalue weighted by Gasteiger charge is -2.60. The molecule has 6 nitrogen and oxygen atoms in total. The minimum absolute atomic E-state index is 0.0559. The number of aliphatic hydroxyl groups is 1. The second-order valence-corrected chi connectivity index (χ2v) is 11.2. The number of aromatic nitrogens is 1. The van der Waals surface area contributed by atoms with Gasteiger partial charge in [0.15, 0.2) is 11.5 Å². The van der Waals surface area contributed by atoms with Crippen molar-refractivity contribution in [1.29, 1.82) is 0 Å². The highest BCUT2D eigenvalue weighted by molar-refractivity contribution is 5.62. The zero-order valence-corrected chi connectivity index (χ0v) is 20.1. The van der Waals surface area contributed by atoms with Gasteiger partial charge in [0.2, 0.25) is 0 Å². The van der Waals surface area contributed by atoms with Crippen LogP contribution in [0.2, 0.25) is 0 Å². The van der Waals surface area contributed by atoms with Crippen molar-refractivity contribution in [1.82, 2.24) is 14.8 Å². The molecule has 0 amide bonds. The van der Waals surface area contributed by atoms with Gasteiger partial charge in [0.25, 0.3) is 0 Å². The largest absolute Gasteiger partial charge is 0.493 e. The summed E-state index contributed by atoms with van der Waals surface area (Å²) < 4.78 is 12.5. The molecule has 2 saturated heterocycles. The van der Waals surface area contributed by atoms with Crippen molar-refractivity contribution >= 4 is 0 Å². The molecule has 1 spiro atoms. The van der Waals surface area contributed by atoms with E-state index in [1.54, 1.807) is 7.11 Å². The molecule has 34 heavy (non-hydrogen) atoms. The lowest BCUT2D eigenvalue weighted by atomic mass is 9.52. The molecule has 2 bridgehead atoms. The van der Waals surface area contributed by atoms with Crippen molar-refractivity contribution in [3.63, 3.8) is 0 Å². The molecule has 1 N–H and O–H groups in total. The minimum Gasteiger partial charge on any atom is -0.493 e. The summed E-state index contributed by atoms with van der Waals surface area (Å²) in [5, 5.41) is 12.8. The molecular weight excluding hydrogens is 426 g/mol. The number of piperidine rings is 1. The van der Waals surface area contributed by atoms with E-state index in [9.17, 15) is 5.11 Å². The minimum atomic E-state index is -0.783. The summed E-state index contributed by atoms with van der Waals surface area (Å²) in [7, 11) is 1.72. The van der Waals surface area contributed by atoms with Crippen LogP contribution in [0, 0.1) is 5.92 Å². The molecule has 1 aromatic carbocycles. The molecule has 2 aromatic rings. The second-order valence-electron chi connectivity index (χ2n) is 11.2. The van der Waals surface area contributed by atoms with Crippen LogP contribution in [0.4, 0.5) is 0 Å². The van der Waals surface area contributed by atoms with Crippen LogP contribution in [-0.2, 0) is 18.3 Å². The van der Waals surface area contributed by atoms with Crippen LogP contribution in [0.1, 0.15) is 42.5 Å². The Labute approximate surface area is 201 Å². The average molecular weight is 462 g/mol. The Morgan fingerprint density at radius 1 is 1.18 bits per heavy atom. The topological polar surface area (TPSA) is 58.1 Å². The van der Waals surface area contributed by atoms with Gasteiger partial charge in [-0.25, -0.2) is 0 Å². The lowest BCUT2D eigenvalue weighted by Crippen LogP contribution is -2.74. The monoisotopic (exact) mass is 461 g/mol. The van der Waals surface area contributed by atoms with Gasteiger partial charge in [-0.2, -0.15) is 0 Å². The normalized spacial score (nSPS) is 34.3. The Bertz CT molecular complexity index is 1090. The standard InChI is InChI=1S/C28H35N3O3/c1-33-22-8-7-20-16-23-28(32)11-14-30(13-9-21-4-2-3-12-29-21)18-24-27(28,25(20)26(22)34-24)10-15-31(23)17-19-5-6-19/h2-4,7-8,12,19,23-24,32H,5-6,9-11,13-18H2,1H3/t23-,24+,27-,28-/m1/s1. The first-order valence-corrected chi connectivity index (χ1v) is 13.1. The van der Waals surface area contributed by atoms with Crippen molar-refractivity contribution in [2.45, 2.75) is 61.7 Å². The molecule has 1 saturated carbocycles. The van der Waals surface area contributed by atoms with Gasteiger partial charge < -0.3 is 14.6 Å². The SMILES string of the molecule is COc1ccc2c3c1O[C@H]1CN(CCc4ccccn4)CC[C@@]4(O)[C@@H](C2)N(CC2CC2)CC[C@]314. The molecular formula is C28H35N3O3. The van der Waals surface area contributed by atoms with Crippen molar-refractivity contribution in [3.8, 4) is 11.5 Å². The molecule has 3 fully saturated rings. The molecule has 0 radical (unpaired) electrons. The van der Waals surface area contributed by atoms with Crippen LogP contribution in [0.3, 0.4) is 0 Å². The van der Waals surface area contributed by atoms with E-state index in [1.807, 2.05) is 12.3 Å². The van der Waals surface area contributed by atoms with Gasteiger partial charge >= 0.3 is 0 Å². The Kier molecular flexibility index (Phi) is 4.78. The Morgan fingerprint density at radius 3 is 2.88 bits per heavy atom. The number of nitrogens with zero attached hydrogens (tertiary/aromatic N) is 3. The second kappa shape index (κ2) is 7.67. The summed E-state index contributed by atoms with van der Waals surface area (Å²) in [4.78, 5) is 9.66. The van der Waals surface area contributed by atoms with E-state index in [4.69, 9.17) is 9.47 Å². The summed E-state index contributed by atoms with van der Waals surface area (Å²) in [6.07, 6.45) is 8.07. The van der Waals surface area contributed by atoms with Crippen LogP contribution in [0.25, 0.3) is 0 Å². The summed E-state index contributed by atoms with van der Waals surface area (Å²) >= 11 is 0. The highest BCUT2D eigenvalue weighted by Gasteiger charge is 2.70. The Morgan fingerprint density at radius 2 is 2.09 bits per heavy atom. The van der Waals surface area contributed by atoms with E-state index in [1.165, 1.54) is 24.0 Å². The summed E-state index contributed by atoms with van der Waals surface area (Å²) in [6, 6.07) is 10.6. The molecule has 7 rings (SSSR count). The van der Waals surface area contributed by atoms with Gasteiger partial charge in [-0.1, -0.05) is 12.1 Å². The van der Waals surface area contributed by atoms with Crippen molar-refractivity contribution in [2.24, 2.45) is 5.92 Å². The van der Waals surface area contributed by atoms with Crippen LogP contribution < -0.4 is 9.47 Å². The first kappa shape index (κ1) is 21.2. The fraction of sp³-hybridized carbons (Fsp3) is 0.607. The van der Waals surface area contributed by atoms with Gasteiger partial charge in [0, 0.05) is 56.1 Å². The van der Waals surface area contributed by atoms with E-state index >= 15 is 0 Å². The van der Waals surface area contributed by atoms with Crippen molar-refractivity contribution in [2.75, 3.05) is 39.8 Å². The molecule has 2 aliphatic carbocycles. The van der Waals surface area contributed by atoms with Gasteiger partial charge in [0.05, 0.1) is 18.1 Å². The lowest BCUT2D eigenvalue weighted by molar-refractivity contribution is -0.162. The highest BCUT2D eigenvalue weighted by atomic mass is 16.5. The maximum atomic E-state index is 12.8. The third kappa shape index (κ3) is 2.94. The van der Waals surface area contributed by atoms with E-state index in [2.05, 4.69) is 39.0 Å². The predicted octanol–water partition coefficient (Wildman–Crippen LogP) is 2.81. The quantitative estimate of drug-likeness (QED) is 0.714. The fourth-order valence-corrected chi connectivity index (χ4v) is 7.63. The number of hydrogen-bond acceptors (Lipinski definition) is 6. The number of likely N-dealkylation sites (tertiary alicyclic amines) is 2. The molecule has 3 aliphatic heterocycles. The first-order chi connectivity index (χ1) is 16.6. The number of benzene rings is 1. The molecule has 5 aliphatic rings. The maximum Gasteiger partial charge on any atom is 0.165 e. The highest BCUT2D eigenvalue weighted by Crippen LogP contribution is 2.63. The van der Waals surface area contributed by atoms with E-state index in [0.29, 0.717) is 0 Å². The van der Waals surface area contributed by atoms with E-state index in [0.717, 1.165) is 81.5 Å². The van der Waals surface area contributed by atoms with Crippen LogP contribution in [-0.4, -0.2) is 77.5 Å². The van der Waals surface area contributed by atoms with Gasteiger partial charge in [0.1, 0.15) is 6.10 Å². The zero-order chi connectivity index (χ0) is 22.9. The molecule has 180 valence electrons.